The van der Waals surface area contributed by atoms with Crippen LogP contribution in [-0.4, -0.2) is 57.7 Å². The molecule has 0 aliphatic carbocycles. The highest BCUT2D eigenvalue weighted by Gasteiger charge is 2.44. The molecule has 128 valence electrons. The smallest absolute Gasteiger partial charge is 0.229 e. The molecule has 1 saturated heterocycles. The first kappa shape index (κ1) is 16.9. The van der Waals surface area contributed by atoms with E-state index in [0.717, 1.165) is 11.1 Å². The molecule has 4 N–H and O–H groups in total. The van der Waals surface area contributed by atoms with E-state index < -0.39 is 37.3 Å². The van der Waals surface area contributed by atoms with Gasteiger partial charge in [0.2, 0.25) is 6.29 Å². The molecule has 0 saturated carbocycles. The van der Waals surface area contributed by atoms with Gasteiger partial charge in [0.1, 0.15) is 30.2 Å². The Hall–Kier alpha value is -1.96. The molecule has 6 nitrogen and oxygen atoms in total. The number of aliphatic hydroxyl groups excluding tert-OH is 4. The van der Waals surface area contributed by atoms with E-state index in [-0.39, 0.29) is 0 Å². The second-order valence-electron chi connectivity index (χ2n) is 5.71. The van der Waals surface area contributed by atoms with Gasteiger partial charge in [-0.1, -0.05) is 42.5 Å². The van der Waals surface area contributed by atoms with Crippen LogP contribution in [-0.2, 0) is 4.74 Å². The topological polar surface area (TPSA) is 99.4 Å². The van der Waals surface area contributed by atoms with Crippen LogP contribution in [0.15, 0.2) is 54.6 Å². The highest BCUT2D eigenvalue weighted by atomic mass is 16.7. The lowest BCUT2D eigenvalue weighted by molar-refractivity contribution is -0.277. The number of hydrogen-bond donors (Lipinski definition) is 4. The van der Waals surface area contributed by atoms with Crippen LogP contribution in [0.5, 0.6) is 5.75 Å². The average Bonchev–Trinajstić information content (AvgIpc) is 2.63. The Kier molecular flexibility index (Phi) is 5.13. The molecule has 0 amide bonds. The summed E-state index contributed by atoms with van der Waals surface area (Å²) < 4.78 is 10.9. The summed E-state index contributed by atoms with van der Waals surface area (Å²) in [6.45, 7) is -0.488. The van der Waals surface area contributed by atoms with Gasteiger partial charge in [0.05, 0.1) is 6.61 Å². The number of ether oxygens (including phenoxy) is 2. The first-order valence-corrected chi connectivity index (χ1v) is 7.73. The van der Waals surface area contributed by atoms with Crippen LogP contribution in [0, 0.1) is 0 Å². The van der Waals surface area contributed by atoms with E-state index in [0.29, 0.717) is 5.75 Å². The molecule has 0 aromatic heterocycles. The van der Waals surface area contributed by atoms with E-state index in [1.165, 1.54) is 0 Å². The van der Waals surface area contributed by atoms with Crippen molar-refractivity contribution in [2.75, 3.05) is 6.61 Å². The zero-order valence-corrected chi connectivity index (χ0v) is 12.9. The quantitative estimate of drug-likeness (QED) is 0.652. The second kappa shape index (κ2) is 7.29. The van der Waals surface area contributed by atoms with Crippen LogP contribution in [0.4, 0.5) is 0 Å². The lowest BCUT2D eigenvalue weighted by Crippen LogP contribution is -2.60. The van der Waals surface area contributed by atoms with Crippen molar-refractivity contribution in [2.45, 2.75) is 30.7 Å². The van der Waals surface area contributed by atoms with Crippen LogP contribution >= 0.6 is 0 Å². The fourth-order valence-electron chi connectivity index (χ4n) is 2.66. The summed E-state index contributed by atoms with van der Waals surface area (Å²) in [7, 11) is 0. The van der Waals surface area contributed by atoms with Gasteiger partial charge in [0.15, 0.2) is 0 Å². The molecule has 1 fully saturated rings. The molecule has 1 heterocycles. The first-order chi connectivity index (χ1) is 11.6. The van der Waals surface area contributed by atoms with Crippen molar-refractivity contribution in [1.29, 1.82) is 0 Å². The summed E-state index contributed by atoms with van der Waals surface area (Å²) in [6.07, 6.45) is -6.44. The third-order valence-electron chi connectivity index (χ3n) is 4.06. The van der Waals surface area contributed by atoms with Crippen molar-refractivity contribution < 1.29 is 29.9 Å². The van der Waals surface area contributed by atoms with Gasteiger partial charge in [-0.25, -0.2) is 0 Å². The van der Waals surface area contributed by atoms with E-state index in [2.05, 4.69) is 0 Å². The SMILES string of the molecule is OC[C@H]1O[C@H](Oc2ccc(-c3ccccc3)cc2)[C@H](O)[C@@H](O)[C@H]1O. The summed E-state index contributed by atoms with van der Waals surface area (Å²) in [5, 5.41) is 38.7. The maximum Gasteiger partial charge on any atom is 0.229 e. The van der Waals surface area contributed by atoms with E-state index in [1.807, 2.05) is 42.5 Å². The molecule has 2 aromatic rings. The minimum Gasteiger partial charge on any atom is -0.462 e. The van der Waals surface area contributed by atoms with Gasteiger partial charge in [0, 0.05) is 0 Å². The Labute approximate surface area is 139 Å². The fourth-order valence-corrected chi connectivity index (χ4v) is 2.66. The van der Waals surface area contributed by atoms with Gasteiger partial charge in [0.25, 0.3) is 0 Å². The number of hydrogen-bond acceptors (Lipinski definition) is 6. The predicted molar refractivity (Wildman–Crippen MR) is 86.3 cm³/mol. The Bertz CT molecular complexity index is 642. The zero-order chi connectivity index (χ0) is 17.1. The largest absolute Gasteiger partial charge is 0.462 e. The normalized spacial score (nSPS) is 30.1. The van der Waals surface area contributed by atoms with Crippen molar-refractivity contribution in [3.63, 3.8) is 0 Å². The summed E-state index contributed by atoms with van der Waals surface area (Å²) in [4.78, 5) is 0. The molecule has 1 aliphatic heterocycles. The fraction of sp³-hybridized carbons (Fsp3) is 0.333. The van der Waals surface area contributed by atoms with Crippen LogP contribution in [0.2, 0.25) is 0 Å². The highest BCUT2D eigenvalue weighted by molar-refractivity contribution is 5.63. The Balaban J connectivity index is 1.71. The van der Waals surface area contributed by atoms with Crippen molar-refractivity contribution in [2.24, 2.45) is 0 Å². The van der Waals surface area contributed by atoms with E-state index in [1.54, 1.807) is 12.1 Å². The molecule has 3 rings (SSSR count). The maximum absolute atomic E-state index is 9.97. The number of rotatable bonds is 4. The van der Waals surface area contributed by atoms with Crippen LogP contribution in [0.25, 0.3) is 11.1 Å². The molecular weight excluding hydrogens is 312 g/mol. The molecule has 0 radical (unpaired) electrons. The average molecular weight is 332 g/mol. The molecule has 0 spiro atoms. The second-order valence-corrected chi connectivity index (χ2v) is 5.71. The van der Waals surface area contributed by atoms with Crippen molar-refractivity contribution in [3.05, 3.63) is 54.6 Å². The summed E-state index contributed by atoms with van der Waals surface area (Å²) in [5.74, 6) is 0.444. The molecule has 0 bridgehead atoms. The van der Waals surface area contributed by atoms with Crippen molar-refractivity contribution >= 4 is 0 Å². The predicted octanol–water partition coefficient (Wildman–Crippen LogP) is 0.532. The van der Waals surface area contributed by atoms with E-state index >= 15 is 0 Å². The monoisotopic (exact) mass is 332 g/mol. The lowest BCUT2D eigenvalue weighted by atomic mass is 9.99. The molecule has 0 unspecified atom stereocenters. The van der Waals surface area contributed by atoms with Gasteiger partial charge < -0.3 is 29.9 Å². The third kappa shape index (κ3) is 3.43. The Morgan fingerprint density at radius 3 is 2.04 bits per heavy atom. The molecule has 6 heteroatoms. The van der Waals surface area contributed by atoms with Gasteiger partial charge in [-0.05, 0) is 23.3 Å². The zero-order valence-electron chi connectivity index (χ0n) is 12.9. The standard InChI is InChI=1S/C18H20O6/c19-10-14-15(20)16(21)17(22)18(24-14)23-13-8-6-12(7-9-13)11-4-2-1-3-5-11/h1-9,14-22H,10H2/t14-,15+,16+,17-,18+/m1/s1. The van der Waals surface area contributed by atoms with Gasteiger partial charge >= 0.3 is 0 Å². The summed E-state index contributed by atoms with van der Waals surface area (Å²) in [6, 6.07) is 17.0. The lowest BCUT2D eigenvalue weighted by Gasteiger charge is -2.39. The molecule has 1 aliphatic rings. The number of benzene rings is 2. The Morgan fingerprint density at radius 1 is 0.792 bits per heavy atom. The van der Waals surface area contributed by atoms with E-state index in [4.69, 9.17) is 9.47 Å². The maximum atomic E-state index is 9.97. The minimum atomic E-state index is -1.45. The van der Waals surface area contributed by atoms with Gasteiger partial charge in [-0.2, -0.15) is 0 Å². The number of aliphatic hydroxyl groups is 4. The van der Waals surface area contributed by atoms with Gasteiger partial charge in [-0.15, -0.1) is 0 Å². The summed E-state index contributed by atoms with van der Waals surface area (Å²) in [5.41, 5.74) is 2.08. The highest BCUT2D eigenvalue weighted by Crippen LogP contribution is 2.26. The van der Waals surface area contributed by atoms with E-state index in [9.17, 15) is 20.4 Å². The van der Waals surface area contributed by atoms with Crippen LogP contribution < -0.4 is 4.74 Å². The van der Waals surface area contributed by atoms with Gasteiger partial charge in [-0.3, -0.25) is 0 Å². The summed E-state index contributed by atoms with van der Waals surface area (Å²) >= 11 is 0. The first-order valence-electron chi connectivity index (χ1n) is 7.73. The Morgan fingerprint density at radius 2 is 1.42 bits per heavy atom. The molecule has 24 heavy (non-hydrogen) atoms. The van der Waals surface area contributed by atoms with Crippen molar-refractivity contribution in [1.82, 2.24) is 0 Å². The van der Waals surface area contributed by atoms with Crippen LogP contribution in [0.1, 0.15) is 0 Å². The molecule has 2 aromatic carbocycles. The van der Waals surface area contributed by atoms with Crippen LogP contribution in [0.3, 0.4) is 0 Å². The van der Waals surface area contributed by atoms with Crippen molar-refractivity contribution in [3.8, 4) is 16.9 Å². The minimum absolute atomic E-state index is 0.444. The third-order valence-corrected chi connectivity index (χ3v) is 4.06. The molecular formula is C18H20O6. The molecule has 5 atom stereocenters.